The van der Waals surface area contributed by atoms with Gasteiger partial charge < -0.3 is 14.8 Å². The molecular weight excluding hydrogens is 277 g/mol. The highest BCUT2D eigenvalue weighted by atomic mass is 19.4. The molecule has 106 valence electrons. The predicted octanol–water partition coefficient (Wildman–Crippen LogP) is 2.71. The van der Waals surface area contributed by atoms with Crippen molar-refractivity contribution in [1.29, 1.82) is 0 Å². The van der Waals surface area contributed by atoms with Crippen LogP contribution in [0, 0.1) is 0 Å². The molecule has 0 spiro atoms. The number of aromatic nitrogens is 2. The van der Waals surface area contributed by atoms with Crippen molar-refractivity contribution in [3.63, 3.8) is 0 Å². The summed E-state index contributed by atoms with van der Waals surface area (Å²) in [7, 11) is 0. The van der Waals surface area contributed by atoms with E-state index in [0.29, 0.717) is 0 Å². The Morgan fingerprint density at radius 1 is 1.35 bits per heavy atom. The van der Waals surface area contributed by atoms with Gasteiger partial charge in [-0.05, 0) is 12.1 Å². The molecule has 0 aliphatic rings. The summed E-state index contributed by atoms with van der Waals surface area (Å²) in [6.45, 7) is -0.243. The lowest BCUT2D eigenvalue weighted by atomic mass is 10.2. The van der Waals surface area contributed by atoms with E-state index in [1.807, 2.05) is 0 Å². The first kappa shape index (κ1) is 13.9. The summed E-state index contributed by atoms with van der Waals surface area (Å²) < 4.78 is 43.2. The number of hydrogen-bond donors (Lipinski definition) is 2. The molecule has 2 N–H and O–H groups in total. The van der Waals surface area contributed by atoms with Gasteiger partial charge >= 0.3 is 12.1 Å². The first-order valence-electron chi connectivity index (χ1n) is 5.44. The molecule has 0 atom stereocenters. The number of nitrogens with one attached hydrogen (secondary N) is 1. The lowest BCUT2D eigenvalue weighted by molar-refractivity contribution is -0.139. The van der Waals surface area contributed by atoms with E-state index in [1.165, 1.54) is 24.4 Å². The third-order valence-electron chi connectivity index (χ3n) is 2.41. The Labute approximate surface area is 111 Å². The van der Waals surface area contributed by atoms with Crippen LogP contribution in [0.4, 0.5) is 13.2 Å². The molecule has 0 radical (unpaired) electrons. The molecule has 0 aliphatic carbocycles. The molecule has 1 aromatic carbocycles. The number of aromatic carboxylic acids is 1. The Balaban J connectivity index is 2.13. The zero-order chi connectivity index (χ0) is 14.8. The molecule has 1 aromatic heterocycles. The van der Waals surface area contributed by atoms with Gasteiger partial charge in [-0.1, -0.05) is 12.1 Å². The van der Waals surface area contributed by atoms with Gasteiger partial charge in [-0.3, -0.25) is 0 Å². The van der Waals surface area contributed by atoms with Crippen molar-refractivity contribution >= 4 is 5.97 Å². The molecule has 8 heteroatoms. The Hall–Kier alpha value is -2.51. The Bertz CT molecular complexity index is 622. The van der Waals surface area contributed by atoms with Crippen molar-refractivity contribution in [2.24, 2.45) is 0 Å². The molecule has 20 heavy (non-hydrogen) atoms. The quantitative estimate of drug-likeness (QED) is 0.906. The highest BCUT2D eigenvalue weighted by Crippen LogP contribution is 2.36. The number of carboxylic acid groups (broad SMARTS) is 1. The van der Waals surface area contributed by atoms with Gasteiger partial charge in [0.15, 0.2) is 0 Å². The molecule has 2 aromatic rings. The summed E-state index contributed by atoms with van der Waals surface area (Å²) in [4.78, 5) is 16.6. The number of aromatic amines is 1. The minimum atomic E-state index is -4.52. The Kier molecular flexibility index (Phi) is 3.64. The second-order valence-electron chi connectivity index (χ2n) is 3.84. The van der Waals surface area contributed by atoms with E-state index >= 15 is 0 Å². The van der Waals surface area contributed by atoms with E-state index in [9.17, 15) is 18.0 Å². The predicted molar refractivity (Wildman–Crippen MR) is 61.3 cm³/mol. The van der Waals surface area contributed by atoms with Crippen LogP contribution in [0.5, 0.6) is 5.75 Å². The number of alkyl halides is 3. The Morgan fingerprint density at radius 2 is 2.05 bits per heavy atom. The molecule has 1 heterocycles. The lowest BCUT2D eigenvalue weighted by Gasteiger charge is -2.12. The minimum Gasteiger partial charge on any atom is -0.487 e. The number of halogens is 3. The largest absolute Gasteiger partial charge is 0.487 e. The average Bonchev–Trinajstić information content (AvgIpc) is 2.84. The number of nitrogens with zero attached hydrogens (tertiary/aromatic N) is 1. The van der Waals surface area contributed by atoms with Crippen molar-refractivity contribution in [1.82, 2.24) is 9.97 Å². The number of para-hydroxylation sites is 1. The fourth-order valence-electron chi connectivity index (χ4n) is 1.52. The highest BCUT2D eigenvalue weighted by Gasteiger charge is 2.34. The smallest absolute Gasteiger partial charge is 0.419 e. The topological polar surface area (TPSA) is 75.2 Å². The lowest BCUT2D eigenvalue weighted by Crippen LogP contribution is -2.08. The van der Waals surface area contributed by atoms with Crippen molar-refractivity contribution in [2.45, 2.75) is 12.8 Å². The van der Waals surface area contributed by atoms with E-state index in [4.69, 9.17) is 9.84 Å². The maximum atomic E-state index is 12.7. The van der Waals surface area contributed by atoms with E-state index in [2.05, 4.69) is 9.97 Å². The Morgan fingerprint density at radius 3 is 2.65 bits per heavy atom. The minimum absolute atomic E-state index is 0.243. The van der Waals surface area contributed by atoms with Gasteiger partial charge in [0.2, 0.25) is 5.82 Å². The van der Waals surface area contributed by atoms with Gasteiger partial charge in [-0.2, -0.15) is 13.2 Å². The third kappa shape index (κ3) is 3.08. The standard InChI is InChI=1S/C12H9F3N2O3/c13-12(14,15)8-3-1-2-4-9(8)20-6-7-5-16-10(17-7)11(18)19/h1-5H,6H2,(H,16,17)(H,18,19). The van der Waals surface area contributed by atoms with Crippen LogP contribution in [-0.2, 0) is 12.8 Å². The fourth-order valence-corrected chi connectivity index (χ4v) is 1.52. The van der Waals surface area contributed by atoms with Gasteiger partial charge in [0.1, 0.15) is 12.4 Å². The summed E-state index contributed by atoms with van der Waals surface area (Å²) in [5, 5.41) is 8.65. The third-order valence-corrected chi connectivity index (χ3v) is 2.41. The van der Waals surface area contributed by atoms with Gasteiger partial charge in [-0.15, -0.1) is 0 Å². The van der Waals surface area contributed by atoms with Crippen molar-refractivity contribution in [3.8, 4) is 5.75 Å². The van der Waals surface area contributed by atoms with E-state index in [-0.39, 0.29) is 23.9 Å². The summed E-state index contributed by atoms with van der Waals surface area (Å²) in [6, 6.07) is 4.77. The fraction of sp³-hybridized carbons (Fsp3) is 0.167. The van der Waals surface area contributed by atoms with Crippen molar-refractivity contribution < 1.29 is 27.8 Å². The number of carbonyl (C=O) groups is 1. The van der Waals surface area contributed by atoms with Crippen LogP contribution in [0.25, 0.3) is 0 Å². The molecule has 0 fully saturated rings. The molecule has 2 rings (SSSR count). The second-order valence-corrected chi connectivity index (χ2v) is 3.84. The molecule has 0 saturated heterocycles. The van der Waals surface area contributed by atoms with Gasteiger partial charge in [0, 0.05) is 0 Å². The monoisotopic (exact) mass is 286 g/mol. The zero-order valence-corrected chi connectivity index (χ0v) is 9.94. The number of ether oxygens (including phenoxy) is 1. The number of carboxylic acids is 1. The van der Waals surface area contributed by atoms with Crippen LogP contribution in [0.3, 0.4) is 0 Å². The maximum absolute atomic E-state index is 12.7. The first-order valence-corrected chi connectivity index (χ1v) is 5.44. The normalized spacial score (nSPS) is 11.3. The number of H-pyrrole nitrogens is 1. The van der Waals surface area contributed by atoms with Crippen LogP contribution in [0.2, 0.25) is 0 Å². The molecule has 0 saturated carbocycles. The summed E-state index contributed by atoms with van der Waals surface area (Å²) >= 11 is 0. The molecular formula is C12H9F3N2O3. The number of hydrogen-bond acceptors (Lipinski definition) is 3. The van der Waals surface area contributed by atoms with E-state index in [0.717, 1.165) is 6.07 Å². The van der Waals surface area contributed by atoms with E-state index in [1.54, 1.807) is 0 Å². The average molecular weight is 286 g/mol. The first-order chi connectivity index (χ1) is 9.38. The van der Waals surface area contributed by atoms with Crippen LogP contribution in [0.1, 0.15) is 21.9 Å². The van der Waals surface area contributed by atoms with Gasteiger partial charge in [-0.25, -0.2) is 9.78 Å². The van der Waals surface area contributed by atoms with Crippen LogP contribution < -0.4 is 4.74 Å². The number of imidazole rings is 1. The van der Waals surface area contributed by atoms with Crippen LogP contribution in [-0.4, -0.2) is 21.0 Å². The highest BCUT2D eigenvalue weighted by molar-refractivity contribution is 5.83. The number of benzene rings is 1. The molecule has 0 unspecified atom stereocenters. The second kappa shape index (κ2) is 5.24. The molecule has 0 aliphatic heterocycles. The van der Waals surface area contributed by atoms with Crippen LogP contribution in [0.15, 0.2) is 30.5 Å². The van der Waals surface area contributed by atoms with Crippen LogP contribution >= 0.6 is 0 Å². The summed E-state index contributed by atoms with van der Waals surface area (Å²) in [5.74, 6) is -1.88. The van der Waals surface area contributed by atoms with Gasteiger partial charge in [0.25, 0.3) is 0 Å². The van der Waals surface area contributed by atoms with Gasteiger partial charge in [0.05, 0.1) is 17.5 Å². The molecule has 0 bridgehead atoms. The van der Waals surface area contributed by atoms with Crippen molar-refractivity contribution in [3.05, 3.63) is 47.5 Å². The van der Waals surface area contributed by atoms with E-state index < -0.39 is 17.7 Å². The summed E-state index contributed by atoms with van der Waals surface area (Å²) in [5.41, 5.74) is -0.627. The molecule has 0 amide bonds. The zero-order valence-electron chi connectivity index (χ0n) is 9.94. The SMILES string of the molecule is O=C(O)c1ncc(COc2ccccc2C(F)(F)F)[nH]1. The molecule has 5 nitrogen and oxygen atoms in total. The summed E-state index contributed by atoms with van der Waals surface area (Å²) in [6.07, 6.45) is -3.32. The van der Waals surface area contributed by atoms with Crippen molar-refractivity contribution in [2.75, 3.05) is 0 Å². The number of rotatable bonds is 4. The maximum Gasteiger partial charge on any atom is 0.419 e.